The number of nitrogens with one attached hydrogen (secondary N) is 1. The molecule has 2 aliphatic rings. The van der Waals surface area contributed by atoms with E-state index in [0.717, 1.165) is 67.3 Å². The number of H-pyrrole nitrogens is 1. The van der Waals surface area contributed by atoms with E-state index in [4.69, 9.17) is 9.47 Å². The first-order valence-electron chi connectivity index (χ1n) is 11.2. The van der Waals surface area contributed by atoms with E-state index in [1.807, 2.05) is 35.4 Å². The van der Waals surface area contributed by atoms with Crippen molar-refractivity contribution in [3.05, 3.63) is 42.4 Å². The maximum Gasteiger partial charge on any atom is 0.223 e. The Morgan fingerprint density at radius 3 is 2.84 bits per heavy atom. The van der Waals surface area contributed by atoms with Crippen LogP contribution in [-0.2, 0) is 9.53 Å². The number of pyridine rings is 1. The molecule has 2 aromatic heterocycles. The highest BCUT2D eigenvalue weighted by Crippen LogP contribution is 2.33. The number of methoxy groups -OCH3 is 1. The van der Waals surface area contributed by atoms with E-state index >= 15 is 0 Å². The number of carbonyl (C=O) groups excluding carboxylic acids is 1. The van der Waals surface area contributed by atoms with Crippen LogP contribution in [0.1, 0.15) is 25.2 Å². The van der Waals surface area contributed by atoms with E-state index < -0.39 is 0 Å². The van der Waals surface area contributed by atoms with Gasteiger partial charge in [-0.1, -0.05) is 18.2 Å². The maximum atomic E-state index is 12.5. The van der Waals surface area contributed by atoms with Crippen LogP contribution >= 0.6 is 0 Å². The van der Waals surface area contributed by atoms with Gasteiger partial charge in [0, 0.05) is 44.4 Å². The van der Waals surface area contributed by atoms with Crippen molar-refractivity contribution in [1.82, 2.24) is 24.8 Å². The third kappa shape index (κ3) is 4.08. The van der Waals surface area contributed by atoms with Crippen LogP contribution in [0.5, 0.6) is 5.88 Å². The van der Waals surface area contributed by atoms with Crippen molar-refractivity contribution < 1.29 is 14.3 Å². The van der Waals surface area contributed by atoms with Crippen LogP contribution in [0.2, 0.25) is 0 Å². The number of aromatic nitrogens is 3. The third-order valence-electron chi connectivity index (χ3n) is 6.46. The van der Waals surface area contributed by atoms with Gasteiger partial charge in [0.25, 0.3) is 0 Å². The Balaban J connectivity index is 1.42. The lowest BCUT2D eigenvalue weighted by Gasteiger charge is -2.31. The Morgan fingerprint density at radius 2 is 2.09 bits per heavy atom. The summed E-state index contributed by atoms with van der Waals surface area (Å²) in [6.45, 7) is 6.87. The Morgan fingerprint density at radius 1 is 1.25 bits per heavy atom. The summed E-state index contributed by atoms with van der Waals surface area (Å²) in [6, 6.07) is 9.95. The number of amides is 1. The molecule has 2 aliphatic heterocycles. The average Bonchev–Trinajstić information content (AvgIpc) is 3.16. The minimum absolute atomic E-state index is 0.0757. The molecule has 1 amide bonds. The van der Waals surface area contributed by atoms with Crippen LogP contribution in [0, 0.1) is 5.92 Å². The SMILES string of the molecule is COc1nc2ccccc2cc1-c1cnc(C2CCN(CC3COC3)CCN2C(C)=O)[nH]1. The van der Waals surface area contributed by atoms with E-state index in [9.17, 15) is 4.79 Å². The molecule has 32 heavy (non-hydrogen) atoms. The van der Waals surface area contributed by atoms with Crippen molar-refractivity contribution in [2.45, 2.75) is 19.4 Å². The molecule has 0 aliphatic carbocycles. The van der Waals surface area contributed by atoms with E-state index in [2.05, 4.69) is 25.9 Å². The lowest BCUT2D eigenvalue weighted by molar-refractivity contribution is -0.131. The second kappa shape index (κ2) is 8.88. The minimum atomic E-state index is -0.0803. The lowest BCUT2D eigenvalue weighted by Crippen LogP contribution is -2.41. The Labute approximate surface area is 187 Å². The summed E-state index contributed by atoms with van der Waals surface area (Å²) in [5.41, 5.74) is 2.59. The number of nitrogens with zero attached hydrogens (tertiary/aromatic N) is 4. The molecule has 2 fully saturated rings. The molecule has 4 heterocycles. The number of fused-ring (bicyclic) bond motifs is 1. The Kier molecular flexibility index (Phi) is 5.80. The van der Waals surface area contributed by atoms with E-state index in [-0.39, 0.29) is 11.9 Å². The average molecular weight is 436 g/mol. The smallest absolute Gasteiger partial charge is 0.223 e. The van der Waals surface area contributed by atoms with Crippen LogP contribution in [0.3, 0.4) is 0 Å². The fourth-order valence-electron chi connectivity index (χ4n) is 4.67. The van der Waals surface area contributed by atoms with Crippen molar-refractivity contribution in [1.29, 1.82) is 0 Å². The molecule has 8 nitrogen and oxygen atoms in total. The lowest BCUT2D eigenvalue weighted by atomic mass is 10.1. The molecular formula is C24H29N5O3. The molecule has 8 heteroatoms. The standard InChI is InChI=1S/C24H29N5O3/c1-16(30)29-10-9-28(13-17-14-32-15-17)8-7-22(29)23-25-12-21(26-23)19-11-18-5-3-4-6-20(18)27-24(19)31-2/h3-6,11-12,17,22H,7-10,13-15H2,1-2H3,(H,25,26). The van der Waals surface area contributed by atoms with Gasteiger partial charge in [0.1, 0.15) is 5.82 Å². The monoisotopic (exact) mass is 435 g/mol. The molecular weight excluding hydrogens is 406 g/mol. The highest BCUT2D eigenvalue weighted by molar-refractivity contribution is 5.85. The van der Waals surface area contributed by atoms with Gasteiger partial charge in [-0.3, -0.25) is 4.79 Å². The van der Waals surface area contributed by atoms with Crippen molar-refractivity contribution >= 4 is 16.8 Å². The molecule has 1 N–H and O–H groups in total. The Hall–Kier alpha value is -2.97. The van der Waals surface area contributed by atoms with Gasteiger partial charge in [0.15, 0.2) is 0 Å². The predicted octanol–water partition coefficient (Wildman–Crippen LogP) is 2.88. The molecule has 1 aromatic carbocycles. The number of carbonyl (C=O) groups is 1. The second-order valence-corrected chi connectivity index (χ2v) is 8.64. The van der Waals surface area contributed by atoms with E-state index in [1.165, 1.54) is 0 Å². The molecule has 0 bridgehead atoms. The number of ether oxygens (including phenoxy) is 2. The summed E-state index contributed by atoms with van der Waals surface area (Å²) in [7, 11) is 1.63. The van der Waals surface area contributed by atoms with Crippen molar-refractivity contribution in [3.63, 3.8) is 0 Å². The third-order valence-corrected chi connectivity index (χ3v) is 6.46. The van der Waals surface area contributed by atoms with Gasteiger partial charge in [-0.25, -0.2) is 9.97 Å². The summed E-state index contributed by atoms with van der Waals surface area (Å²) in [5, 5.41) is 1.04. The minimum Gasteiger partial charge on any atom is -0.480 e. The highest BCUT2D eigenvalue weighted by Gasteiger charge is 2.31. The van der Waals surface area contributed by atoms with Gasteiger partial charge in [0.2, 0.25) is 11.8 Å². The molecule has 0 saturated carbocycles. The van der Waals surface area contributed by atoms with Crippen LogP contribution < -0.4 is 4.74 Å². The number of aromatic amines is 1. The van der Waals surface area contributed by atoms with Gasteiger partial charge < -0.3 is 24.3 Å². The molecule has 5 rings (SSSR count). The number of benzene rings is 1. The first kappa shape index (κ1) is 20.9. The van der Waals surface area contributed by atoms with Gasteiger partial charge in [0.05, 0.1) is 49.3 Å². The van der Waals surface area contributed by atoms with Crippen LogP contribution in [-0.4, -0.2) is 77.2 Å². The van der Waals surface area contributed by atoms with Crippen molar-refractivity contribution in [2.75, 3.05) is 46.5 Å². The van der Waals surface area contributed by atoms with Gasteiger partial charge in [-0.2, -0.15) is 0 Å². The molecule has 2 saturated heterocycles. The predicted molar refractivity (Wildman–Crippen MR) is 121 cm³/mol. The fraction of sp³-hybridized carbons (Fsp3) is 0.458. The molecule has 0 spiro atoms. The zero-order chi connectivity index (χ0) is 22.1. The van der Waals surface area contributed by atoms with E-state index in [0.29, 0.717) is 18.3 Å². The molecule has 168 valence electrons. The number of hydrogen-bond donors (Lipinski definition) is 1. The number of rotatable bonds is 5. The van der Waals surface area contributed by atoms with Crippen molar-refractivity contribution in [3.8, 4) is 17.1 Å². The summed E-state index contributed by atoms with van der Waals surface area (Å²) in [5.74, 6) is 2.04. The molecule has 1 atom stereocenters. The zero-order valence-electron chi connectivity index (χ0n) is 18.6. The summed E-state index contributed by atoms with van der Waals surface area (Å²) >= 11 is 0. The second-order valence-electron chi connectivity index (χ2n) is 8.64. The zero-order valence-corrected chi connectivity index (χ0v) is 18.6. The van der Waals surface area contributed by atoms with Crippen LogP contribution in [0.4, 0.5) is 0 Å². The molecule has 3 aromatic rings. The summed E-state index contributed by atoms with van der Waals surface area (Å²) in [4.78, 5) is 29.7. The van der Waals surface area contributed by atoms with Gasteiger partial charge in [-0.05, 0) is 18.6 Å². The normalized spacial score (nSPS) is 20.2. The van der Waals surface area contributed by atoms with Crippen LogP contribution in [0.15, 0.2) is 36.5 Å². The largest absolute Gasteiger partial charge is 0.480 e. The summed E-state index contributed by atoms with van der Waals surface area (Å²) < 4.78 is 10.9. The Bertz CT molecular complexity index is 1110. The topological polar surface area (TPSA) is 83.6 Å². The number of hydrogen-bond acceptors (Lipinski definition) is 6. The summed E-state index contributed by atoms with van der Waals surface area (Å²) in [6.07, 6.45) is 2.66. The fourth-order valence-corrected chi connectivity index (χ4v) is 4.67. The quantitative estimate of drug-likeness (QED) is 0.664. The number of imidazole rings is 1. The number of para-hydroxylation sites is 1. The van der Waals surface area contributed by atoms with Gasteiger partial charge in [-0.15, -0.1) is 0 Å². The van der Waals surface area contributed by atoms with E-state index in [1.54, 1.807) is 14.0 Å². The first-order valence-corrected chi connectivity index (χ1v) is 11.2. The van der Waals surface area contributed by atoms with Gasteiger partial charge >= 0.3 is 0 Å². The van der Waals surface area contributed by atoms with Crippen LogP contribution in [0.25, 0.3) is 22.2 Å². The highest BCUT2D eigenvalue weighted by atomic mass is 16.5. The maximum absolute atomic E-state index is 12.5. The van der Waals surface area contributed by atoms with Crippen molar-refractivity contribution in [2.24, 2.45) is 5.92 Å². The first-order chi connectivity index (χ1) is 15.6. The molecule has 0 radical (unpaired) electrons. The molecule has 1 unspecified atom stereocenters.